The molecule has 0 saturated carbocycles. The number of benzene rings is 1. The van der Waals surface area contributed by atoms with Crippen LogP contribution in [0.4, 0.5) is 10.6 Å². The number of rotatable bonds is 2. The van der Waals surface area contributed by atoms with Crippen molar-refractivity contribution in [2.24, 2.45) is 0 Å². The van der Waals surface area contributed by atoms with Crippen molar-refractivity contribution in [3.05, 3.63) is 41.0 Å². The summed E-state index contributed by atoms with van der Waals surface area (Å²) in [6.45, 7) is 8.09. The Morgan fingerprint density at radius 1 is 1.10 bits per heavy atom. The minimum atomic E-state index is -0.498. The van der Waals surface area contributed by atoms with Gasteiger partial charge in [-0.2, -0.15) is 4.98 Å². The van der Waals surface area contributed by atoms with Crippen molar-refractivity contribution in [2.45, 2.75) is 26.4 Å². The molecule has 152 valence electrons. The van der Waals surface area contributed by atoms with Crippen LogP contribution in [0.15, 0.2) is 35.7 Å². The molecule has 0 bridgehead atoms. The second-order valence-electron chi connectivity index (χ2n) is 7.97. The van der Waals surface area contributed by atoms with Gasteiger partial charge in [-0.05, 0) is 37.9 Å². The van der Waals surface area contributed by atoms with E-state index in [-0.39, 0.29) is 11.4 Å². The fraction of sp³-hybridized carbons (Fsp3) is 0.381. The number of carbonyl (C=O) groups is 1. The number of anilines is 1. The first-order valence-electron chi connectivity index (χ1n) is 9.55. The maximum Gasteiger partial charge on any atom is 0.410 e. The summed E-state index contributed by atoms with van der Waals surface area (Å²) in [5.74, 6) is 0.823. The van der Waals surface area contributed by atoms with E-state index in [1.165, 1.54) is 0 Å². The maximum absolute atomic E-state index is 12.4. The van der Waals surface area contributed by atoms with Crippen LogP contribution in [-0.4, -0.2) is 52.7 Å². The van der Waals surface area contributed by atoms with Gasteiger partial charge >= 0.3 is 6.09 Å². The molecule has 1 aliphatic rings. The van der Waals surface area contributed by atoms with E-state index in [0.717, 1.165) is 27.2 Å². The van der Waals surface area contributed by atoms with Gasteiger partial charge in [0.1, 0.15) is 16.2 Å². The second kappa shape index (κ2) is 7.80. The molecule has 0 aliphatic carbocycles. The molecule has 1 aromatic carbocycles. The van der Waals surface area contributed by atoms with Crippen molar-refractivity contribution >= 4 is 45.1 Å². The van der Waals surface area contributed by atoms with Crippen molar-refractivity contribution in [1.29, 1.82) is 0 Å². The number of hydrogen-bond acceptors (Lipinski definition) is 6. The van der Waals surface area contributed by atoms with Crippen molar-refractivity contribution in [3.8, 4) is 11.1 Å². The van der Waals surface area contributed by atoms with Crippen LogP contribution in [0.1, 0.15) is 20.8 Å². The van der Waals surface area contributed by atoms with E-state index in [1.54, 1.807) is 16.2 Å². The van der Waals surface area contributed by atoms with E-state index in [1.807, 2.05) is 39.0 Å². The topological polar surface area (TPSA) is 58.6 Å². The minimum Gasteiger partial charge on any atom is -0.444 e. The lowest BCUT2D eigenvalue weighted by atomic mass is 10.1. The van der Waals surface area contributed by atoms with Gasteiger partial charge in [-0.15, -0.1) is 11.3 Å². The molecule has 0 atom stereocenters. The Balaban J connectivity index is 1.62. The Kier molecular flexibility index (Phi) is 5.36. The number of carbonyl (C=O) groups excluding carboxylic acids is 1. The van der Waals surface area contributed by atoms with Crippen LogP contribution in [0.3, 0.4) is 0 Å². The number of amides is 1. The highest BCUT2D eigenvalue weighted by atomic mass is 35.5. The predicted octanol–water partition coefficient (Wildman–Crippen LogP) is 5.07. The normalized spacial score (nSPS) is 15.0. The zero-order valence-electron chi connectivity index (χ0n) is 16.7. The molecular weight excluding hydrogens is 408 g/mol. The van der Waals surface area contributed by atoms with Crippen LogP contribution in [-0.2, 0) is 4.74 Å². The van der Waals surface area contributed by atoms with E-state index >= 15 is 0 Å². The molecule has 1 aliphatic heterocycles. The predicted molar refractivity (Wildman–Crippen MR) is 118 cm³/mol. The Morgan fingerprint density at radius 2 is 1.79 bits per heavy atom. The Labute approximate surface area is 179 Å². The van der Waals surface area contributed by atoms with E-state index in [4.69, 9.17) is 16.3 Å². The summed E-state index contributed by atoms with van der Waals surface area (Å²) in [4.78, 5) is 26.1. The van der Waals surface area contributed by atoms with Gasteiger partial charge in [-0.3, -0.25) is 0 Å². The Morgan fingerprint density at radius 3 is 2.45 bits per heavy atom. The van der Waals surface area contributed by atoms with E-state index < -0.39 is 5.60 Å². The van der Waals surface area contributed by atoms with Crippen LogP contribution >= 0.6 is 22.9 Å². The molecule has 0 unspecified atom stereocenters. The van der Waals surface area contributed by atoms with E-state index in [2.05, 4.69) is 32.4 Å². The number of ether oxygens (including phenoxy) is 1. The average molecular weight is 431 g/mol. The van der Waals surface area contributed by atoms with Crippen molar-refractivity contribution < 1.29 is 9.53 Å². The van der Waals surface area contributed by atoms with Crippen molar-refractivity contribution in [3.63, 3.8) is 0 Å². The number of nitrogens with zero attached hydrogens (tertiary/aromatic N) is 4. The molecule has 1 saturated heterocycles. The monoisotopic (exact) mass is 430 g/mol. The number of thiophene rings is 1. The van der Waals surface area contributed by atoms with Crippen LogP contribution in [0.2, 0.25) is 5.28 Å². The fourth-order valence-corrected chi connectivity index (χ4v) is 4.54. The van der Waals surface area contributed by atoms with Crippen molar-refractivity contribution in [2.75, 3.05) is 31.1 Å². The lowest BCUT2D eigenvalue weighted by molar-refractivity contribution is 0.0240. The van der Waals surface area contributed by atoms with Crippen LogP contribution < -0.4 is 4.90 Å². The van der Waals surface area contributed by atoms with Gasteiger partial charge in [0.25, 0.3) is 0 Å². The van der Waals surface area contributed by atoms with Crippen molar-refractivity contribution in [1.82, 2.24) is 14.9 Å². The van der Waals surface area contributed by atoms with Crippen LogP contribution in [0.5, 0.6) is 0 Å². The number of aromatic nitrogens is 2. The molecule has 0 N–H and O–H groups in total. The summed E-state index contributed by atoms with van der Waals surface area (Å²) in [7, 11) is 0. The molecule has 0 spiro atoms. The second-order valence-corrected chi connectivity index (χ2v) is 9.16. The first-order valence-corrected chi connectivity index (χ1v) is 10.8. The highest BCUT2D eigenvalue weighted by Gasteiger charge is 2.28. The SMILES string of the molecule is CC(C)(C)OC(=O)N1CCN(c2nc(Cl)nc3scc(-c4ccccc4)c23)CC1. The Bertz CT molecular complexity index is 1020. The number of hydrogen-bond donors (Lipinski definition) is 0. The standard InChI is InChI=1S/C21H23ClN4O2S/c1-21(2,3)28-20(27)26-11-9-25(10-12-26)17-16-15(14-7-5-4-6-8-14)13-29-18(16)24-19(22)23-17/h4-8,13H,9-12H2,1-3H3. The molecule has 8 heteroatoms. The van der Waals surface area contributed by atoms with Gasteiger partial charge in [0.2, 0.25) is 5.28 Å². The van der Waals surface area contributed by atoms with Gasteiger partial charge in [0.05, 0.1) is 5.39 Å². The van der Waals surface area contributed by atoms with Gasteiger partial charge in [0.15, 0.2) is 0 Å². The highest BCUT2D eigenvalue weighted by Crippen LogP contribution is 2.39. The van der Waals surface area contributed by atoms with E-state index in [9.17, 15) is 4.79 Å². The first kappa shape index (κ1) is 19.9. The summed E-state index contributed by atoms with van der Waals surface area (Å²) in [6.07, 6.45) is -0.275. The third-order valence-electron chi connectivity index (χ3n) is 4.70. The Hall–Kier alpha value is -2.38. The number of piperazine rings is 1. The average Bonchev–Trinajstić information content (AvgIpc) is 3.10. The summed E-state index contributed by atoms with van der Waals surface area (Å²) in [6, 6.07) is 10.2. The molecule has 3 aromatic rings. The minimum absolute atomic E-state index is 0.239. The molecule has 1 fully saturated rings. The molecule has 4 rings (SSSR count). The summed E-state index contributed by atoms with van der Waals surface area (Å²) in [5, 5.41) is 3.35. The molecule has 2 aromatic heterocycles. The van der Waals surface area contributed by atoms with Gasteiger partial charge in [-0.1, -0.05) is 30.3 Å². The molecule has 3 heterocycles. The lowest BCUT2D eigenvalue weighted by Gasteiger charge is -2.36. The lowest BCUT2D eigenvalue weighted by Crippen LogP contribution is -2.50. The number of fused-ring (bicyclic) bond motifs is 1. The molecule has 6 nitrogen and oxygen atoms in total. The smallest absolute Gasteiger partial charge is 0.410 e. The van der Waals surface area contributed by atoms with Gasteiger partial charge < -0.3 is 14.5 Å². The molecule has 29 heavy (non-hydrogen) atoms. The highest BCUT2D eigenvalue weighted by molar-refractivity contribution is 7.17. The molecule has 1 amide bonds. The maximum atomic E-state index is 12.4. The van der Waals surface area contributed by atoms with Crippen LogP contribution in [0, 0.1) is 0 Å². The molecule has 0 radical (unpaired) electrons. The summed E-state index contributed by atoms with van der Waals surface area (Å²) in [5.41, 5.74) is 1.73. The van der Waals surface area contributed by atoms with Gasteiger partial charge in [0, 0.05) is 37.1 Å². The zero-order chi connectivity index (χ0) is 20.6. The van der Waals surface area contributed by atoms with Crippen LogP contribution in [0.25, 0.3) is 21.3 Å². The third kappa shape index (κ3) is 4.31. The largest absolute Gasteiger partial charge is 0.444 e. The zero-order valence-corrected chi connectivity index (χ0v) is 18.3. The quantitative estimate of drug-likeness (QED) is 0.531. The van der Waals surface area contributed by atoms with Gasteiger partial charge in [-0.25, -0.2) is 9.78 Å². The summed E-state index contributed by atoms with van der Waals surface area (Å²) < 4.78 is 5.50. The summed E-state index contributed by atoms with van der Waals surface area (Å²) >= 11 is 7.79. The first-order chi connectivity index (χ1) is 13.8. The number of halogens is 1. The third-order valence-corrected chi connectivity index (χ3v) is 5.74. The molecular formula is C21H23ClN4O2S. The van der Waals surface area contributed by atoms with E-state index in [0.29, 0.717) is 26.2 Å². The fourth-order valence-electron chi connectivity index (χ4n) is 3.38.